The van der Waals surface area contributed by atoms with Crippen molar-refractivity contribution in [1.29, 1.82) is 0 Å². The molecule has 0 saturated carbocycles. The number of nitrogens with zero attached hydrogens (tertiary/aromatic N) is 2. The average molecular weight is 259 g/mol. The predicted octanol–water partition coefficient (Wildman–Crippen LogP) is 1.68. The SMILES string of the molecule is O=C(O)CO/N=C/c1cc([N+](=O)[O-])ccc1Cl. The second-order valence-electron chi connectivity index (χ2n) is 2.86. The van der Waals surface area contributed by atoms with Gasteiger partial charge in [-0.15, -0.1) is 0 Å². The van der Waals surface area contributed by atoms with Crippen LogP contribution in [0.3, 0.4) is 0 Å². The maximum Gasteiger partial charge on any atom is 0.344 e. The summed E-state index contributed by atoms with van der Waals surface area (Å²) in [5.41, 5.74) is 0.125. The van der Waals surface area contributed by atoms with Gasteiger partial charge in [0.1, 0.15) is 0 Å². The number of hydrogen-bond donors (Lipinski definition) is 1. The normalized spacial score (nSPS) is 10.4. The van der Waals surface area contributed by atoms with E-state index in [4.69, 9.17) is 16.7 Å². The Balaban J connectivity index is 2.79. The molecule has 1 rings (SSSR count). The fourth-order valence-electron chi connectivity index (χ4n) is 0.930. The van der Waals surface area contributed by atoms with Crippen molar-refractivity contribution in [2.75, 3.05) is 6.61 Å². The molecule has 0 saturated heterocycles. The van der Waals surface area contributed by atoms with Crippen LogP contribution in [-0.4, -0.2) is 28.8 Å². The van der Waals surface area contributed by atoms with Gasteiger partial charge in [-0.25, -0.2) is 4.79 Å². The highest BCUT2D eigenvalue weighted by molar-refractivity contribution is 6.33. The molecule has 0 spiro atoms. The van der Waals surface area contributed by atoms with Crippen LogP contribution < -0.4 is 0 Å². The summed E-state index contributed by atoms with van der Waals surface area (Å²) in [6.07, 6.45) is 1.11. The Morgan fingerprint density at radius 3 is 2.94 bits per heavy atom. The first-order valence-corrected chi connectivity index (χ1v) is 4.69. The van der Waals surface area contributed by atoms with Crippen LogP contribution in [0.1, 0.15) is 5.56 Å². The van der Waals surface area contributed by atoms with E-state index in [1.54, 1.807) is 0 Å². The minimum Gasteiger partial charge on any atom is -0.479 e. The molecule has 0 aliphatic rings. The third-order valence-corrected chi connectivity index (χ3v) is 1.99. The first kappa shape index (κ1) is 12.9. The number of carboxylic acid groups (broad SMARTS) is 1. The average Bonchev–Trinajstić information content (AvgIpc) is 2.25. The van der Waals surface area contributed by atoms with Crippen LogP contribution in [-0.2, 0) is 9.63 Å². The van der Waals surface area contributed by atoms with Crippen molar-refractivity contribution in [2.45, 2.75) is 0 Å². The number of oxime groups is 1. The number of halogens is 1. The first-order chi connectivity index (χ1) is 8.00. The van der Waals surface area contributed by atoms with Crippen LogP contribution in [0, 0.1) is 10.1 Å². The quantitative estimate of drug-likeness (QED) is 0.492. The molecular weight excluding hydrogens is 252 g/mol. The van der Waals surface area contributed by atoms with Gasteiger partial charge in [0.05, 0.1) is 11.1 Å². The molecule has 90 valence electrons. The monoisotopic (exact) mass is 258 g/mol. The van der Waals surface area contributed by atoms with Crippen LogP contribution >= 0.6 is 11.6 Å². The second-order valence-corrected chi connectivity index (χ2v) is 3.27. The fourth-order valence-corrected chi connectivity index (χ4v) is 1.10. The number of carboxylic acids is 1. The predicted molar refractivity (Wildman–Crippen MR) is 59.3 cm³/mol. The molecule has 0 atom stereocenters. The van der Waals surface area contributed by atoms with Gasteiger partial charge in [-0.05, 0) is 6.07 Å². The van der Waals surface area contributed by atoms with E-state index >= 15 is 0 Å². The van der Waals surface area contributed by atoms with E-state index in [0.29, 0.717) is 0 Å². The zero-order valence-corrected chi connectivity index (χ0v) is 9.13. The van der Waals surface area contributed by atoms with Gasteiger partial charge in [0.15, 0.2) is 0 Å². The van der Waals surface area contributed by atoms with E-state index in [-0.39, 0.29) is 16.3 Å². The maximum atomic E-state index is 10.5. The second kappa shape index (κ2) is 5.80. The summed E-state index contributed by atoms with van der Waals surface area (Å²) in [4.78, 5) is 24.4. The van der Waals surface area contributed by atoms with E-state index in [9.17, 15) is 14.9 Å². The summed E-state index contributed by atoms with van der Waals surface area (Å²) in [6, 6.07) is 3.80. The van der Waals surface area contributed by atoms with Crippen LogP contribution in [0.15, 0.2) is 23.4 Å². The highest BCUT2D eigenvalue weighted by Crippen LogP contribution is 2.20. The summed E-state index contributed by atoms with van der Waals surface area (Å²) < 4.78 is 0. The van der Waals surface area contributed by atoms with Crippen molar-refractivity contribution >= 4 is 29.5 Å². The smallest absolute Gasteiger partial charge is 0.344 e. The maximum absolute atomic E-state index is 10.5. The molecule has 0 unspecified atom stereocenters. The van der Waals surface area contributed by atoms with E-state index < -0.39 is 17.5 Å². The lowest BCUT2D eigenvalue weighted by atomic mass is 10.2. The van der Waals surface area contributed by atoms with Gasteiger partial charge < -0.3 is 9.94 Å². The fraction of sp³-hybridized carbons (Fsp3) is 0.111. The van der Waals surface area contributed by atoms with Crippen molar-refractivity contribution in [3.05, 3.63) is 38.9 Å². The Bertz CT molecular complexity index is 474. The van der Waals surface area contributed by atoms with Gasteiger partial charge >= 0.3 is 5.97 Å². The molecule has 17 heavy (non-hydrogen) atoms. The van der Waals surface area contributed by atoms with Crippen LogP contribution in [0.25, 0.3) is 0 Å². The molecule has 0 aliphatic heterocycles. The largest absolute Gasteiger partial charge is 0.479 e. The summed E-state index contributed by atoms with van der Waals surface area (Å²) in [7, 11) is 0. The zero-order valence-electron chi connectivity index (χ0n) is 8.37. The van der Waals surface area contributed by atoms with Gasteiger partial charge in [0, 0.05) is 22.7 Å². The summed E-state index contributed by atoms with van der Waals surface area (Å²) in [6.45, 7) is -0.594. The number of carbonyl (C=O) groups is 1. The number of aliphatic carboxylic acids is 1. The van der Waals surface area contributed by atoms with Crippen LogP contribution in [0.2, 0.25) is 5.02 Å². The van der Waals surface area contributed by atoms with E-state index in [2.05, 4.69) is 9.99 Å². The molecule has 0 aromatic heterocycles. The molecule has 0 heterocycles. The number of non-ortho nitro benzene ring substituents is 1. The third kappa shape index (κ3) is 4.07. The molecule has 0 aliphatic carbocycles. The van der Waals surface area contributed by atoms with E-state index in [0.717, 1.165) is 6.21 Å². The van der Waals surface area contributed by atoms with Crippen molar-refractivity contribution < 1.29 is 19.7 Å². The summed E-state index contributed by atoms with van der Waals surface area (Å²) >= 11 is 5.76. The molecule has 7 nitrogen and oxygen atoms in total. The molecule has 0 fully saturated rings. The highest BCUT2D eigenvalue weighted by Gasteiger charge is 2.08. The highest BCUT2D eigenvalue weighted by atomic mass is 35.5. The van der Waals surface area contributed by atoms with Crippen molar-refractivity contribution in [3.63, 3.8) is 0 Å². The molecule has 8 heteroatoms. The molecule has 0 radical (unpaired) electrons. The molecule has 0 bridgehead atoms. The zero-order chi connectivity index (χ0) is 12.8. The van der Waals surface area contributed by atoms with Gasteiger partial charge in [0.2, 0.25) is 6.61 Å². The molecule has 0 amide bonds. The Morgan fingerprint density at radius 1 is 1.65 bits per heavy atom. The number of hydrogen-bond acceptors (Lipinski definition) is 5. The van der Waals surface area contributed by atoms with E-state index in [1.165, 1.54) is 18.2 Å². The lowest BCUT2D eigenvalue weighted by Crippen LogP contribution is -2.03. The first-order valence-electron chi connectivity index (χ1n) is 4.32. The van der Waals surface area contributed by atoms with Crippen molar-refractivity contribution in [2.24, 2.45) is 5.16 Å². The summed E-state index contributed by atoms with van der Waals surface area (Å²) in [5.74, 6) is -1.17. The Kier molecular flexibility index (Phi) is 4.41. The molecule has 1 aromatic rings. The standard InChI is InChI=1S/C9H7ClN2O5/c10-8-2-1-7(12(15)16)3-6(8)4-11-17-5-9(13)14/h1-4H,5H2,(H,13,14)/b11-4+. The van der Waals surface area contributed by atoms with Crippen molar-refractivity contribution in [3.8, 4) is 0 Å². The molecule has 1 N–H and O–H groups in total. The number of nitro benzene ring substituents is 1. The lowest BCUT2D eigenvalue weighted by molar-refractivity contribution is -0.384. The van der Waals surface area contributed by atoms with Crippen LogP contribution in [0.4, 0.5) is 5.69 Å². The number of rotatable bonds is 5. The Hall–Kier alpha value is -2.15. The van der Waals surface area contributed by atoms with Gasteiger partial charge in [-0.2, -0.15) is 0 Å². The van der Waals surface area contributed by atoms with Crippen LogP contribution in [0.5, 0.6) is 0 Å². The van der Waals surface area contributed by atoms with E-state index in [1.807, 2.05) is 0 Å². The Morgan fingerprint density at radius 2 is 2.35 bits per heavy atom. The van der Waals surface area contributed by atoms with Crippen molar-refractivity contribution in [1.82, 2.24) is 0 Å². The topological polar surface area (TPSA) is 102 Å². The minimum atomic E-state index is -1.17. The molecule has 1 aromatic carbocycles. The van der Waals surface area contributed by atoms with Gasteiger partial charge in [-0.1, -0.05) is 16.8 Å². The molecular formula is C9H7ClN2O5. The Labute approximate surface area is 100 Å². The van der Waals surface area contributed by atoms with Gasteiger partial charge in [-0.3, -0.25) is 10.1 Å². The lowest BCUT2D eigenvalue weighted by Gasteiger charge is -1.98. The number of benzene rings is 1. The van der Waals surface area contributed by atoms with Gasteiger partial charge in [0.25, 0.3) is 5.69 Å². The summed E-state index contributed by atoms with van der Waals surface area (Å²) in [5, 5.41) is 22.3. The number of nitro groups is 1. The minimum absolute atomic E-state index is 0.144. The third-order valence-electron chi connectivity index (χ3n) is 1.64.